The lowest BCUT2D eigenvalue weighted by molar-refractivity contribution is -0.142. The summed E-state index contributed by atoms with van der Waals surface area (Å²) < 4.78 is 0. The number of carbonyl (C=O) groups is 5. The smallest absolute Gasteiger partial charge is 0.326 e. The molecule has 2 aromatic heterocycles. The number of aliphatic imine (C=N–C) groups is 2. The van der Waals surface area contributed by atoms with E-state index in [0.29, 0.717) is 53.5 Å². The first-order chi connectivity index (χ1) is 28.1. The number of fused-ring (bicyclic) bond motifs is 1. The Balaban J connectivity index is 0.00000378. The first kappa shape index (κ1) is 44.8. The Morgan fingerprint density at radius 2 is 1.69 bits per heavy atom. The second-order valence-corrected chi connectivity index (χ2v) is 14.5. The van der Waals surface area contributed by atoms with Crippen LogP contribution >= 0.6 is 0 Å². The first-order valence-electron chi connectivity index (χ1n) is 19.3. The minimum absolute atomic E-state index is 0.000313. The zero-order chi connectivity index (χ0) is 43.4. The number of nitrogens with one attached hydrogen (secondary N) is 5. The predicted molar refractivity (Wildman–Crippen MR) is 232 cm³/mol. The van der Waals surface area contributed by atoms with Crippen LogP contribution in [-0.2, 0) is 19.2 Å². The van der Waals surface area contributed by atoms with Crippen molar-refractivity contribution >= 4 is 71.3 Å². The fourth-order valence-corrected chi connectivity index (χ4v) is 7.11. The zero-order valence-electron chi connectivity index (χ0n) is 33.7. The zero-order valence-corrected chi connectivity index (χ0v) is 33.7. The van der Waals surface area contributed by atoms with Gasteiger partial charge in [0.1, 0.15) is 24.5 Å². The molecule has 1 aliphatic heterocycles. The van der Waals surface area contributed by atoms with Crippen molar-refractivity contribution in [3.05, 3.63) is 93.8 Å². The van der Waals surface area contributed by atoms with Gasteiger partial charge in [0, 0.05) is 86.6 Å². The van der Waals surface area contributed by atoms with E-state index in [1.165, 1.54) is 6.92 Å². The molecule has 3 atom stereocenters. The number of carboxylic acids is 1. The Morgan fingerprint density at radius 1 is 1.00 bits per heavy atom. The van der Waals surface area contributed by atoms with Crippen molar-refractivity contribution in [2.24, 2.45) is 33.3 Å². The van der Waals surface area contributed by atoms with Crippen molar-refractivity contribution in [3.63, 3.8) is 0 Å². The highest BCUT2D eigenvalue weighted by Gasteiger charge is 2.30. The Kier molecular flexibility index (Phi) is 15.6. The lowest BCUT2D eigenvalue weighted by atomic mass is 9.87. The van der Waals surface area contributed by atoms with Crippen molar-refractivity contribution < 1.29 is 29.1 Å². The van der Waals surface area contributed by atoms with E-state index in [1.54, 1.807) is 6.07 Å². The number of hydrogen-bond acceptors (Lipinski definition) is 8. The number of amides is 2. The molecule has 4 aromatic rings. The summed E-state index contributed by atoms with van der Waals surface area (Å²) in [6.45, 7) is 16.0. The van der Waals surface area contributed by atoms with E-state index in [4.69, 9.17) is 21.7 Å². The molecule has 3 heterocycles. The molecule has 2 aromatic carbocycles. The van der Waals surface area contributed by atoms with Crippen molar-refractivity contribution in [2.45, 2.75) is 65.3 Å². The summed E-state index contributed by atoms with van der Waals surface area (Å²) in [6, 6.07) is 14.0. The van der Waals surface area contributed by atoms with Gasteiger partial charge in [-0.2, -0.15) is 0 Å². The number of amidine groups is 2. The third kappa shape index (κ3) is 11.6. The van der Waals surface area contributed by atoms with Gasteiger partial charge in [-0.1, -0.05) is 56.5 Å². The van der Waals surface area contributed by atoms with Crippen LogP contribution in [0.1, 0.15) is 79.4 Å². The average Bonchev–Trinajstić information content (AvgIpc) is 3.84. The van der Waals surface area contributed by atoms with E-state index >= 15 is 0 Å². The summed E-state index contributed by atoms with van der Waals surface area (Å²) in [5.41, 5.74) is 18.8. The standard InChI is InChI=1S/C43H51N9O5.CH2O/c1-23-32(25(3)49-34(23)22-35-24(2)40(27(5)53)26(4)50-35)15-16-38(54)47-18-7-6-8-33(43(56)57)52-39(55)17-19-48-42(46)29-11-9-28(10-12-29)36-20-30-13-14-31(41(44)45)21-37(30)51-36;1-2/h9-14,20-23,32-33,50-51H,3-4,6-8,15-19H2,1-2,5H3,(H3,44,45)(H2,46,48)(H,47,54)(H,52,55)(H,56,57);1H2/b35-22-;/t23-,32?,33?;/m0./s1. The molecule has 5 rings (SSSR count). The normalized spacial score (nSPS) is 15.9. The highest BCUT2D eigenvalue weighted by molar-refractivity contribution is 6.13. The third-order valence-electron chi connectivity index (χ3n) is 10.4. The largest absolute Gasteiger partial charge is 0.480 e. The number of allylic oxidation sites excluding steroid dienone is 1. The van der Waals surface area contributed by atoms with Gasteiger partial charge in [-0.15, -0.1) is 0 Å². The predicted octanol–water partition coefficient (Wildman–Crippen LogP) is 3.62. The maximum Gasteiger partial charge on any atom is 0.326 e. The van der Waals surface area contributed by atoms with Crippen LogP contribution in [0.15, 0.2) is 70.8 Å². The number of aliphatic carboxylic acids is 1. The molecule has 0 aliphatic carbocycles. The van der Waals surface area contributed by atoms with Crippen LogP contribution < -0.4 is 32.8 Å². The molecular formula is C44H53N9O6. The van der Waals surface area contributed by atoms with Gasteiger partial charge in [0.15, 0.2) is 5.78 Å². The molecule has 0 fully saturated rings. The van der Waals surface area contributed by atoms with Gasteiger partial charge in [0.05, 0.1) is 6.54 Å². The summed E-state index contributed by atoms with van der Waals surface area (Å²) in [5.74, 6) is -1.44. The van der Waals surface area contributed by atoms with E-state index < -0.39 is 17.9 Å². The number of unbranched alkanes of at least 4 members (excludes halogenated alkanes) is 1. The Hall–Kier alpha value is -6.90. The highest BCUT2D eigenvalue weighted by atomic mass is 16.4. The Bertz CT molecular complexity index is 2410. The van der Waals surface area contributed by atoms with Gasteiger partial charge in [-0.05, 0) is 68.9 Å². The van der Waals surface area contributed by atoms with Crippen LogP contribution in [0.5, 0.6) is 0 Å². The number of nitrogens with two attached hydrogens (primary N) is 2. The van der Waals surface area contributed by atoms with Crippen molar-refractivity contribution in [2.75, 3.05) is 13.1 Å². The Morgan fingerprint density at radius 3 is 2.34 bits per heavy atom. The van der Waals surface area contributed by atoms with Crippen LogP contribution in [0.25, 0.3) is 34.8 Å². The lowest BCUT2D eigenvalue weighted by Gasteiger charge is -2.16. The number of ketones is 1. The summed E-state index contributed by atoms with van der Waals surface area (Å²) in [4.78, 5) is 72.6. The van der Waals surface area contributed by atoms with Crippen molar-refractivity contribution in [3.8, 4) is 11.3 Å². The second kappa shape index (κ2) is 20.5. The number of rotatable bonds is 18. The number of aromatic amines is 2. The molecule has 0 saturated carbocycles. The number of nitrogen functional groups attached to an aromatic ring is 1. The van der Waals surface area contributed by atoms with Crippen LogP contribution in [0.4, 0.5) is 0 Å². The highest BCUT2D eigenvalue weighted by Crippen LogP contribution is 2.33. The van der Waals surface area contributed by atoms with E-state index in [0.717, 1.165) is 38.8 Å². The molecule has 1 aliphatic rings. The molecule has 0 spiro atoms. The van der Waals surface area contributed by atoms with Crippen LogP contribution in [0, 0.1) is 24.2 Å². The molecule has 0 saturated heterocycles. The van der Waals surface area contributed by atoms with Crippen LogP contribution in [0.3, 0.4) is 0 Å². The van der Waals surface area contributed by atoms with Gasteiger partial charge < -0.3 is 42.0 Å². The number of aromatic nitrogens is 2. The lowest BCUT2D eigenvalue weighted by Crippen LogP contribution is -2.41. The molecule has 0 bridgehead atoms. The quantitative estimate of drug-likeness (QED) is 0.0318. The molecule has 15 heteroatoms. The average molecular weight is 804 g/mol. The monoisotopic (exact) mass is 803 g/mol. The second-order valence-electron chi connectivity index (χ2n) is 14.5. The maximum atomic E-state index is 12.6. The molecule has 15 nitrogen and oxygen atoms in total. The Labute approximate surface area is 342 Å². The molecule has 59 heavy (non-hydrogen) atoms. The van der Waals surface area contributed by atoms with E-state index in [-0.39, 0.29) is 61.0 Å². The van der Waals surface area contributed by atoms with Crippen LogP contribution in [0.2, 0.25) is 0 Å². The molecule has 10 N–H and O–H groups in total. The summed E-state index contributed by atoms with van der Waals surface area (Å²) in [7, 11) is 0. The van der Waals surface area contributed by atoms with E-state index in [2.05, 4.69) is 43.7 Å². The molecule has 0 radical (unpaired) electrons. The third-order valence-corrected chi connectivity index (χ3v) is 10.4. The van der Waals surface area contributed by atoms with E-state index in [9.17, 15) is 24.3 Å². The summed E-state index contributed by atoms with van der Waals surface area (Å²) >= 11 is 0. The summed E-state index contributed by atoms with van der Waals surface area (Å²) in [6.07, 6.45) is 4.00. The summed E-state index contributed by atoms with van der Waals surface area (Å²) in [5, 5.41) is 25.2. The first-order valence-corrected chi connectivity index (χ1v) is 19.3. The minimum Gasteiger partial charge on any atom is -0.480 e. The van der Waals surface area contributed by atoms with Gasteiger partial charge >= 0.3 is 5.97 Å². The van der Waals surface area contributed by atoms with E-state index in [1.807, 2.05) is 69.2 Å². The van der Waals surface area contributed by atoms with Crippen molar-refractivity contribution in [1.29, 1.82) is 5.41 Å². The van der Waals surface area contributed by atoms with Gasteiger partial charge in [0.25, 0.3) is 0 Å². The fourth-order valence-electron chi connectivity index (χ4n) is 7.11. The number of hydrogen-bond donors (Lipinski definition) is 8. The van der Waals surface area contributed by atoms with Gasteiger partial charge in [0.2, 0.25) is 11.8 Å². The SMILES string of the molecule is C=C1N=C(/C=c2\[nH]c(=C)c(C(C)=O)c2C)[C@@H](C)C1CCC(=O)NCCCCC(NC(=O)CCN=C(N)c1ccc(-c2cc3ccc(C(=N)N)cc3[nH]2)cc1)C(=O)O.C=O. The molecule has 310 valence electrons. The van der Waals surface area contributed by atoms with Crippen molar-refractivity contribution in [1.82, 2.24) is 20.6 Å². The number of H-pyrrole nitrogens is 2. The number of carboxylic acid groups (broad SMARTS) is 1. The van der Waals surface area contributed by atoms with Gasteiger partial charge in [-0.3, -0.25) is 29.8 Å². The number of carbonyl (C=O) groups excluding carboxylic acids is 4. The topological polar surface area (TPSA) is 262 Å². The number of benzene rings is 2. The molecular weight excluding hydrogens is 751 g/mol. The maximum absolute atomic E-state index is 12.6. The minimum atomic E-state index is -1.13. The fraction of sp³-hybridized carbons (Fsp3) is 0.318. The number of Topliss-reactive ketones (excluding diaryl/α,β-unsaturated/α-hetero) is 1. The van der Waals surface area contributed by atoms with Gasteiger partial charge in [-0.25, -0.2) is 4.79 Å². The number of nitrogens with zero attached hydrogens (tertiary/aromatic N) is 2. The molecule has 2 unspecified atom stereocenters. The van der Waals surface area contributed by atoms with Crippen LogP contribution in [-0.4, -0.2) is 81.9 Å². The molecule has 2 amide bonds.